The zero-order valence-corrected chi connectivity index (χ0v) is 18.6. The van der Waals surface area contributed by atoms with E-state index in [0.29, 0.717) is 52.9 Å². The molecule has 5 nitrogen and oxygen atoms in total. The molecule has 0 spiro atoms. The molecule has 1 N–H and O–H groups in total. The molecule has 1 aliphatic heterocycles. The Morgan fingerprint density at radius 1 is 0.941 bits per heavy atom. The Hall–Kier alpha value is -3.81. The predicted octanol–water partition coefficient (Wildman–Crippen LogP) is 6.36. The van der Waals surface area contributed by atoms with Gasteiger partial charge in [0.2, 0.25) is 5.91 Å². The Kier molecular flexibility index (Phi) is 6.58. The molecule has 0 fully saturated rings. The molecule has 176 valence electrons. The van der Waals surface area contributed by atoms with Crippen LogP contribution in [0.15, 0.2) is 71.7 Å². The van der Waals surface area contributed by atoms with E-state index in [-0.39, 0.29) is 5.91 Å². The second kappa shape index (κ2) is 9.59. The van der Waals surface area contributed by atoms with Crippen LogP contribution < -0.4 is 14.8 Å². The molecular weight excluding hydrogens is 445 g/mol. The molecule has 0 saturated heterocycles. The van der Waals surface area contributed by atoms with Gasteiger partial charge in [-0.3, -0.25) is 9.79 Å². The van der Waals surface area contributed by atoms with E-state index in [1.165, 1.54) is 12.1 Å². The van der Waals surface area contributed by atoms with Crippen LogP contribution in [0.2, 0.25) is 0 Å². The van der Waals surface area contributed by atoms with Crippen molar-refractivity contribution < 1.29 is 27.4 Å². The highest BCUT2D eigenvalue weighted by molar-refractivity contribution is 6.24. The minimum Gasteiger partial charge on any atom is -0.490 e. The van der Waals surface area contributed by atoms with Gasteiger partial charge in [0.05, 0.1) is 30.2 Å². The van der Waals surface area contributed by atoms with Gasteiger partial charge in [0, 0.05) is 11.8 Å². The van der Waals surface area contributed by atoms with Crippen molar-refractivity contribution in [1.29, 1.82) is 0 Å². The third kappa shape index (κ3) is 4.76. The monoisotopic (exact) mass is 468 g/mol. The van der Waals surface area contributed by atoms with E-state index >= 15 is 0 Å². The highest BCUT2D eigenvalue weighted by atomic mass is 19.4. The van der Waals surface area contributed by atoms with E-state index in [4.69, 9.17) is 9.47 Å². The number of rotatable bonds is 7. The summed E-state index contributed by atoms with van der Waals surface area (Å²) in [6.45, 7) is 4.55. The van der Waals surface area contributed by atoms with Gasteiger partial charge < -0.3 is 14.8 Å². The van der Waals surface area contributed by atoms with E-state index in [0.717, 1.165) is 12.1 Å². The van der Waals surface area contributed by atoms with Crippen molar-refractivity contribution in [2.24, 2.45) is 4.99 Å². The lowest BCUT2D eigenvalue weighted by atomic mass is 9.90. The summed E-state index contributed by atoms with van der Waals surface area (Å²) in [5.41, 5.74) is 1.89. The molecule has 0 aromatic heterocycles. The van der Waals surface area contributed by atoms with Gasteiger partial charge in [-0.15, -0.1) is 0 Å². The number of alkyl halides is 3. The number of hydrogen-bond donors (Lipinski definition) is 1. The third-order valence-corrected chi connectivity index (χ3v) is 5.33. The summed E-state index contributed by atoms with van der Waals surface area (Å²) >= 11 is 0. The molecule has 8 heteroatoms. The summed E-state index contributed by atoms with van der Waals surface area (Å²) in [5, 5.41) is 2.88. The van der Waals surface area contributed by atoms with Gasteiger partial charge in [0.1, 0.15) is 5.92 Å². The first-order chi connectivity index (χ1) is 16.3. The first kappa shape index (κ1) is 23.4. The van der Waals surface area contributed by atoms with E-state index in [1.54, 1.807) is 12.1 Å². The zero-order valence-electron chi connectivity index (χ0n) is 18.6. The lowest BCUT2D eigenvalue weighted by Crippen LogP contribution is -2.22. The lowest BCUT2D eigenvalue weighted by Gasteiger charge is -2.16. The number of carbonyl (C=O) groups excluding carboxylic acids is 1. The Bertz CT molecular complexity index is 1210. The number of amides is 1. The van der Waals surface area contributed by atoms with Gasteiger partial charge in [-0.05, 0) is 55.3 Å². The number of benzene rings is 3. The van der Waals surface area contributed by atoms with Gasteiger partial charge in [-0.25, -0.2) is 0 Å². The molecule has 1 unspecified atom stereocenters. The summed E-state index contributed by atoms with van der Waals surface area (Å²) in [7, 11) is 0. The van der Waals surface area contributed by atoms with E-state index in [1.807, 2.05) is 44.2 Å². The second-order valence-electron chi connectivity index (χ2n) is 7.58. The molecule has 0 radical (unpaired) electrons. The van der Waals surface area contributed by atoms with Crippen molar-refractivity contribution in [1.82, 2.24) is 0 Å². The molecule has 3 aromatic carbocycles. The molecule has 1 amide bonds. The number of anilines is 1. The molecule has 34 heavy (non-hydrogen) atoms. The van der Waals surface area contributed by atoms with E-state index in [9.17, 15) is 18.0 Å². The third-order valence-electron chi connectivity index (χ3n) is 5.33. The minimum atomic E-state index is -4.44. The number of halogens is 3. The molecule has 1 aliphatic rings. The van der Waals surface area contributed by atoms with Crippen LogP contribution in [0.25, 0.3) is 0 Å². The van der Waals surface area contributed by atoms with Crippen LogP contribution in [0.4, 0.5) is 24.5 Å². The fourth-order valence-electron chi connectivity index (χ4n) is 3.85. The molecule has 0 aliphatic carbocycles. The number of fused-ring (bicyclic) bond motifs is 1. The summed E-state index contributed by atoms with van der Waals surface area (Å²) in [4.78, 5) is 17.8. The topological polar surface area (TPSA) is 59.9 Å². The quantitative estimate of drug-likeness (QED) is 0.411. The summed E-state index contributed by atoms with van der Waals surface area (Å²) in [6, 6.07) is 17.1. The van der Waals surface area contributed by atoms with Crippen LogP contribution in [0.5, 0.6) is 11.5 Å². The molecule has 4 rings (SSSR count). The van der Waals surface area contributed by atoms with Crippen LogP contribution in [-0.4, -0.2) is 24.8 Å². The largest absolute Gasteiger partial charge is 0.490 e. The van der Waals surface area contributed by atoms with Crippen LogP contribution >= 0.6 is 0 Å². The van der Waals surface area contributed by atoms with E-state index < -0.39 is 17.7 Å². The summed E-state index contributed by atoms with van der Waals surface area (Å²) in [6.07, 6.45) is -4.44. The molecule has 1 atom stereocenters. The van der Waals surface area contributed by atoms with Crippen LogP contribution in [-0.2, 0) is 11.0 Å². The van der Waals surface area contributed by atoms with Crippen molar-refractivity contribution in [3.05, 3.63) is 83.4 Å². The Morgan fingerprint density at radius 3 is 2.15 bits per heavy atom. The number of ether oxygens (including phenoxy) is 2. The number of hydrogen-bond acceptors (Lipinski definition) is 4. The van der Waals surface area contributed by atoms with Crippen LogP contribution in [0.1, 0.15) is 36.5 Å². The number of carbonyl (C=O) groups is 1. The summed E-state index contributed by atoms with van der Waals surface area (Å²) < 4.78 is 50.4. The fraction of sp³-hybridized carbons (Fsp3) is 0.231. The number of nitrogens with zero attached hydrogens (tertiary/aromatic N) is 1. The molecule has 1 heterocycles. The normalized spacial score (nSPS) is 15.6. The van der Waals surface area contributed by atoms with Crippen LogP contribution in [0.3, 0.4) is 0 Å². The SMILES string of the molecule is CCOc1cc2c(cc1OCC)C(C(=Nc1ccc(C(F)(F)F)cc1)c1ccccc1)C(=O)N2. The van der Waals surface area contributed by atoms with Gasteiger partial charge in [-0.1, -0.05) is 30.3 Å². The smallest absolute Gasteiger partial charge is 0.416 e. The second-order valence-corrected chi connectivity index (χ2v) is 7.58. The van der Waals surface area contributed by atoms with Crippen molar-refractivity contribution in [3.63, 3.8) is 0 Å². The Balaban J connectivity index is 1.83. The van der Waals surface area contributed by atoms with Gasteiger partial charge >= 0.3 is 6.18 Å². The van der Waals surface area contributed by atoms with Gasteiger partial charge in [-0.2, -0.15) is 13.2 Å². The molecular formula is C26H23F3N2O3. The first-order valence-corrected chi connectivity index (χ1v) is 10.9. The van der Waals surface area contributed by atoms with Crippen molar-refractivity contribution in [2.45, 2.75) is 25.9 Å². The highest BCUT2D eigenvalue weighted by Gasteiger charge is 2.37. The lowest BCUT2D eigenvalue weighted by molar-refractivity contribution is -0.137. The van der Waals surface area contributed by atoms with Crippen molar-refractivity contribution in [2.75, 3.05) is 18.5 Å². The predicted molar refractivity (Wildman–Crippen MR) is 124 cm³/mol. The maximum absolute atomic E-state index is 13.1. The van der Waals surface area contributed by atoms with E-state index in [2.05, 4.69) is 10.3 Å². The van der Waals surface area contributed by atoms with Crippen molar-refractivity contribution in [3.8, 4) is 11.5 Å². The Morgan fingerprint density at radius 2 is 1.56 bits per heavy atom. The minimum absolute atomic E-state index is 0.291. The average molecular weight is 468 g/mol. The van der Waals surface area contributed by atoms with Crippen LogP contribution in [0, 0.1) is 0 Å². The van der Waals surface area contributed by atoms with Gasteiger partial charge in [0.15, 0.2) is 11.5 Å². The van der Waals surface area contributed by atoms with Gasteiger partial charge in [0.25, 0.3) is 0 Å². The first-order valence-electron chi connectivity index (χ1n) is 10.9. The average Bonchev–Trinajstić information content (AvgIpc) is 3.13. The number of aliphatic imine (C=N–C) groups is 1. The van der Waals surface area contributed by atoms with Crippen molar-refractivity contribution >= 4 is 23.0 Å². The summed E-state index contributed by atoms with van der Waals surface area (Å²) in [5.74, 6) is -0.0493. The Labute approximate surface area is 195 Å². The highest BCUT2D eigenvalue weighted by Crippen LogP contribution is 2.43. The molecule has 0 bridgehead atoms. The standard InChI is InChI=1S/C26H23F3N2O3/c1-3-33-21-14-19-20(15-22(21)34-4-2)31-25(32)23(19)24(16-8-6-5-7-9-16)30-18-12-10-17(11-13-18)26(27,28)29/h5-15,23H,3-4H2,1-2H3,(H,31,32). The number of nitrogens with one attached hydrogen (secondary N) is 1. The maximum Gasteiger partial charge on any atom is 0.416 e. The molecule has 3 aromatic rings. The fourth-order valence-corrected chi connectivity index (χ4v) is 3.85. The zero-order chi connectivity index (χ0) is 24.3. The molecule has 0 saturated carbocycles. The maximum atomic E-state index is 13.1.